The van der Waals surface area contributed by atoms with Crippen LogP contribution < -0.4 is 5.32 Å². The SMILES string of the molecule is O=C(C1=NCc2ncnc(N[C@@H]3C[C@@H](C(F)F)C[C@H]3O)c21)N1C[C@@H](F)C[C@@H]1c1cc(F)ccc1F. The Labute approximate surface area is 197 Å². The molecule has 0 bridgehead atoms. The van der Waals surface area contributed by atoms with E-state index >= 15 is 0 Å². The van der Waals surface area contributed by atoms with Crippen LogP contribution in [-0.2, 0) is 11.3 Å². The number of aliphatic hydroxyl groups is 1. The van der Waals surface area contributed by atoms with Gasteiger partial charge >= 0.3 is 0 Å². The minimum absolute atomic E-state index is 0.00854. The summed E-state index contributed by atoms with van der Waals surface area (Å²) in [5.41, 5.74) is 0.406. The summed E-state index contributed by atoms with van der Waals surface area (Å²) in [6.07, 6.45) is -4.10. The minimum Gasteiger partial charge on any atom is -0.391 e. The van der Waals surface area contributed by atoms with Gasteiger partial charge in [0.1, 0.15) is 35.7 Å². The van der Waals surface area contributed by atoms with E-state index in [1.165, 1.54) is 6.33 Å². The first-order valence-corrected chi connectivity index (χ1v) is 11.2. The smallest absolute Gasteiger partial charge is 0.273 e. The van der Waals surface area contributed by atoms with Gasteiger partial charge in [-0.25, -0.2) is 31.9 Å². The van der Waals surface area contributed by atoms with E-state index in [-0.39, 0.29) is 55.0 Å². The molecule has 1 aliphatic carbocycles. The number of hydrogen-bond donors (Lipinski definition) is 2. The number of nitrogens with one attached hydrogen (secondary N) is 1. The van der Waals surface area contributed by atoms with Crippen LogP contribution in [0.2, 0.25) is 0 Å². The van der Waals surface area contributed by atoms with Crippen molar-refractivity contribution in [3.63, 3.8) is 0 Å². The van der Waals surface area contributed by atoms with E-state index in [4.69, 9.17) is 0 Å². The van der Waals surface area contributed by atoms with Gasteiger partial charge in [0.15, 0.2) is 0 Å². The minimum atomic E-state index is -2.57. The second-order valence-electron chi connectivity index (χ2n) is 9.07. The molecule has 0 spiro atoms. The second-order valence-corrected chi connectivity index (χ2v) is 9.07. The molecule has 0 radical (unpaired) electrons. The number of fused-ring (bicyclic) bond motifs is 1. The van der Waals surface area contributed by atoms with Crippen LogP contribution in [0.3, 0.4) is 0 Å². The molecule has 0 unspecified atom stereocenters. The van der Waals surface area contributed by atoms with Gasteiger partial charge in [0.25, 0.3) is 5.91 Å². The van der Waals surface area contributed by atoms with Crippen LogP contribution in [0.25, 0.3) is 0 Å². The number of rotatable bonds is 5. The molecule has 1 saturated heterocycles. The fourth-order valence-corrected chi connectivity index (χ4v) is 5.11. The summed E-state index contributed by atoms with van der Waals surface area (Å²) in [7, 11) is 0. The molecule has 3 heterocycles. The lowest BCUT2D eigenvalue weighted by molar-refractivity contribution is -0.125. The number of benzene rings is 1. The molecular formula is C23H22F5N5O2. The summed E-state index contributed by atoms with van der Waals surface area (Å²) in [5, 5.41) is 13.2. The van der Waals surface area contributed by atoms with Crippen molar-refractivity contribution >= 4 is 17.4 Å². The Kier molecular flexibility index (Phi) is 6.16. The van der Waals surface area contributed by atoms with Gasteiger partial charge in [-0.2, -0.15) is 0 Å². The molecule has 2 aliphatic heterocycles. The van der Waals surface area contributed by atoms with Crippen LogP contribution in [0.15, 0.2) is 29.5 Å². The molecule has 1 aromatic heterocycles. The third kappa shape index (κ3) is 4.35. The highest BCUT2D eigenvalue weighted by Crippen LogP contribution is 2.38. The topological polar surface area (TPSA) is 90.7 Å². The maximum Gasteiger partial charge on any atom is 0.273 e. The Hall–Kier alpha value is -3.15. The highest BCUT2D eigenvalue weighted by Gasteiger charge is 2.42. The summed E-state index contributed by atoms with van der Waals surface area (Å²) in [5.74, 6) is -3.00. The van der Waals surface area contributed by atoms with Crippen LogP contribution >= 0.6 is 0 Å². The number of hydrogen-bond acceptors (Lipinski definition) is 6. The van der Waals surface area contributed by atoms with Crippen molar-refractivity contribution in [1.82, 2.24) is 14.9 Å². The normalized spacial score (nSPS) is 27.9. The monoisotopic (exact) mass is 495 g/mol. The second kappa shape index (κ2) is 9.14. The lowest BCUT2D eigenvalue weighted by Gasteiger charge is -2.26. The zero-order valence-electron chi connectivity index (χ0n) is 18.3. The van der Waals surface area contributed by atoms with Gasteiger partial charge in [0.2, 0.25) is 6.43 Å². The fraction of sp³-hybridized carbons (Fsp3) is 0.478. The van der Waals surface area contributed by atoms with Crippen LogP contribution in [0.4, 0.5) is 27.8 Å². The van der Waals surface area contributed by atoms with E-state index < -0.39 is 54.2 Å². The highest BCUT2D eigenvalue weighted by atomic mass is 19.3. The standard InChI is InChI=1S/C23H22F5N5O2/c24-11-1-2-14(26)13(5-11)17-6-12(25)8-33(17)23(35)20-19-16(7-29-20)30-9-31-22(19)32-15-3-10(21(27)28)4-18(15)34/h1-2,5,9-10,12,15,17-18,21,34H,3-4,6-8H2,(H,30,31,32)/t10-,12+,15-,17-,18-/m1/s1. The molecule has 12 heteroatoms. The van der Waals surface area contributed by atoms with Gasteiger partial charge in [0, 0.05) is 17.9 Å². The van der Waals surface area contributed by atoms with Gasteiger partial charge < -0.3 is 15.3 Å². The maximum atomic E-state index is 14.5. The average Bonchev–Trinajstić information content (AvgIpc) is 3.52. The average molecular weight is 495 g/mol. The molecule has 1 aromatic carbocycles. The Balaban J connectivity index is 1.43. The lowest BCUT2D eigenvalue weighted by Crippen LogP contribution is -2.38. The fourth-order valence-electron chi connectivity index (χ4n) is 5.11. The maximum absolute atomic E-state index is 14.5. The number of likely N-dealkylation sites (tertiary alicyclic amines) is 1. The number of carbonyl (C=O) groups excluding carboxylic acids is 1. The number of anilines is 1. The van der Waals surface area contributed by atoms with Crippen molar-refractivity contribution in [1.29, 1.82) is 0 Å². The largest absolute Gasteiger partial charge is 0.391 e. The molecule has 186 valence electrons. The van der Waals surface area contributed by atoms with Crippen LogP contribution in [0, 0.1) is 17.6 Å². The lowest BCUT2D eigenvalue weighted by atomic mass is 10.0. The number of nitrogens with zero attached hydrogens (tertiary/aromatic N) is 4. The van der Waals surface area contributed by atoms with Gasteiger partial charge in [-0.05, 0) is 31.0 Å². The molecule has 1 amide bonds. The van der Waals surface area contributed by atoms with E-state index in [0.717, 1.165) is 23.1 Å². The molecule has 5 atom stereocenters. The van der Waals surface area contributed by atoms with Crippen molar-refractivity contribution in [3.8, 4) is 0 Å². The molecule has 5 rings (SSSR count). The van der Waals surface area contributed by atoms with Gasteiger partial charge in [0.05, 0.1) is 42.5 Å². The summed E-state index contributed by atoms with van der Waals surface area (Å²) < 4.78 is 68.9. The molecule has 3 aliphatic rings. The first-order valence-electron chi connectivity index (χ1n) is 11.2. The quantitative estimate of drug-likeness (QED) is 0.622. The van der Waals surface area contributed by atoms with Crippen LogP contribution in [0.1, 0.15) is 42.1 Å². The number of carbonyl (C=O) groups is 1. The number of alkyl halides is 3. The van der Waals surface area contributed by atoms with Crippen LogP contribution in [0.5, 0.6) is 0 Å². The van der Waals surface area contributed by atoms with Crippen molar-refractivity contribution in [3.05, 3.63) is 53.0 Å². The predicted octanol–water partition coefficient (Wildman–Crippen LogP) is 3.19. The highest BCUT2D eigenvalue weighted by molar-refractivity contribution is 6.47. The van der Waals surface area contributed by atoms with E-state index in [0.29, 0.717) is 5.69 Å². The van der Waals surface area contributed by atoms with E-state index in [1.807, 2.05) is 0 Å². The third-order valence-electron chi connectivity index (χ3n) is 6.82. The van der Waals surface area contributed by atoms with E-state index in [9.17, 15) is 31.9 Å². The number of amides is 1. The molecule has 35 heavy (non-hydrogen) atoms. The zero-order valence-corrected chi connectivity index (χ0v) is 18.3. The van der Waals surface area contributed by atoms with Crippen molar-refractivity contribution in [2.24, 2.45) is 10.9 Å². The first kappa shape index (κ1) is 23.6. The van der Waals surface area contributed by atoms with Crippen LogP contribution in [-0.4, -0.2) is 62.9 Å². The molecule has 7 nitrogen and oxygen atoms in total. The molecule has 2 N–H and O–H groups in total. The molecule has 2 aromatic rings. The Morgan fingerprint density at radius 3 is 2.71 bits per heavy atom. The van der Waals surface area contributed by atoms with Crippen molar-refractivity contribution in [2.45, 2.75) is 56.6 Å². The summed E-state index contributed by atoms with van der Waals surface area (Å²) >= 11 is 0. The summed E-state index contributed by atoms with van der Waals surface area (Å²) in [6, 6.07) is 1.05. The zero-order chi connectivity index (χ0) is 24.9. The summed E-state index contributed by atoms with van der Waals surface area (Å²) in [6.45, 7) is -0.298. The number of halogens is 5. The Morgan fingerprint density at radius 2 is 1.97 bits per heavy atom. The van der Waals surface area contributed by atoms with Crippen molar-refractivity contribution < 1.29 is 31.9 Å². The molecule has 1 saturated carbocycles. The van der Waals surface area contributed by atoms with Gasteiger partial charge in [-0.15, -0.1) is 0 Å². The Bertz CT molecular complexity index is 1180. The van der Waals surface area contributed by atoms with Gasteiger partial charge in [-0.1, -0.05) is 0 Å². The summed E-state index contributed by atoms with van der Waals surface area (Å²) in [4.78, 5) is 27.1. The van der Waals surface area contributed by atoms with E-state index in [1.54, 1.807) is 0 Å². The number of aliphatic hydroxyl groups excluding tert-OH is 1. The molecule has 2 fully saturated rings. The van der Waals surface area contributed by atoms with E-state index in [2.05, 4.69) is 20.3 Å². The molecular weight excluding hydrogens is 473 g/mol. The van der Waals surface area contributed by atoms with Crippen molar-refractivity contribution in [2.75, 3.05) is 11.9 Å². The van der Waals surface area contributed by atoms with Gasteiger partial charge in [-0.3, -0.25) is 9.79 Å². The first-order chi connectivity index (χ1) is 16.7. The third-order valence-corrected chi connectivity index (χ3v) is 6.82. The number of aliphatic imine (C=N–C) groups is 1. The Morgan fingerprint density at radius 1 is 1.17 bits per heavy atom. The predicted molar refractivity (Wildman–Crippen MR) is 115 cm³/mol. The number of aromatic nitrogens is 2.